The molecule has 2 N–H and O–H groups in total. The standard InChI is InChI=1S/C15H13BrN4/c16-12-7-8-13(11-4-2-1-3-10(11)12)20-14(9-5-6-9)15(17)18-19-20/h1-4,7-9H,5-6,17H2. The van der Waals surface area contributed by atoms with Gasteiger partial charge in [0.15, 0.2) is 5.82 Å². The lowest BCUT2D eigenvalue weighted by atomic mass is 10.1. The van der Waals surface area contributed by atoms with Crippen LogP contribution >= 0.6 is 15.9 Å². The lowest BCUT2D eigenvalue weighted by Crippen LogP contribution is -2.03. The largest absolute Gasteiger partial charge is 0.381 e. The van der Waals surface area contributed by atoms with E-state index in [0.717, 1.165) is 21.2 Å². The summed E-state index contributed by atoms with van der Waals surface area (Å²) >= 11 is 3.60. The Morgan fingerprint density at radius 1 is 1.10 bits per heavy atom. The summed E-state index contributed by atoms with van der Waals surface area (Å²) in [7, 11) is 0. The second-order valence-corrected chi connectivity index (χ2v) is 6.01. The molecule has 0 bridgehead atoms. The zero-order chi connectivity index (χ0) is 13.7. The number of hydrogen-bond donors (Lipinski definition) is 1. The lowest BCUT2D eigenvalue weighted by Gasteiger charge is -2.10. The van der Waals surface area contributed by atoms with Crippen molar-refractivity contribution in [3.63, 3.8) is 0 Å². The van der Waals surface area contributed by atoms with Gasteiger partial charge in [0.1, 0.15) is 0 Å². The zero-order valence-electron chi connectivity index (χ0n) is 10.8. The minimum atomic E-state index is 0.507. The number of hydrogen-bond acceptors (Lipinski definition) is 3. The molecule has 1 aromatic heterocycles. The summed E-state index contributed by atoms with van der Waals surface area (Å²) in [5, 5.41) is 10.6. The van der Waals surface area contributed by atoms with Gasteiger partial charge in [-0.1, -0.05) is 45.4 Å². The zero-order valence-corrected chi connectivity index (χ0v) is 12.3. The van der Waals surface area contributed by atoms with Gasteiger partial charge in [-0.05, 0) is 30.4 Å². The summed E-state index contributed by atoms with van der Waals surface area (Å²) in [6.45, 7) is 0. The van der Waals surface area contributed by atoms with Crippen molar-refractivity contribution in [3.05, 3.63) is 46.6 Å². The van der Waals surface area contributed by atoms with Crippen molar-refractivity contribution < 1.29 is 0 Å². The molecule has 0 radical (unpaired) electrons. The minimum absolute atomic E-state index is 0.507. The van der Waals surface area contributed by atoms with Crippen molar-refractivity contribution in [2.75, 3.05) is 5.73 Å². The fourth-order valence-electron chi connectivity index (χ4n) is 2.65. The molecule has 1 aliphatic rings. The molecular weight excluding hydrogens is 316 g/mol. The maximum absolute atomic E-state index is 5.99. The highest BCUT2D eigenvalue weighted by Gasteiger charge is 2.31. The Morgan fingerprint density at radius 3 is 2.60 bits per heavy atom. The maximum Gasteiger partial charge on any atom is 0.169 e. The number of anilines is 1. The van der Waals surface area contributed by atoms with Crippen LogP contribution in [-0.4, -0.2) is 15.0 Å². The highest BCUT2D eigenvalue weighted by molar-refractivity contribution is 9.10. The van der Waals surface area contributed by atoms with E-state index in [1.165, 1.54) is 18.2 Å². The molecule has 1 heterocycles. The number of fused-ring (bicyclic) bond motifs is 1. The SMILES string of the molecule is Nc1nnn(-c2ccc(Br)c3ccccc23)c1C1CC1. The molecule has 0 aliphatic heterocycles. The average molecular weight is 329 g/mol. The first-order valence-electron chi connectivity index (χ1n) is 6.64. The lowest BCUT2D eigenvalue weighted by molar-refractivity contribution is 0.768. The molecule has 4 nitrogen and oxygen atoms in total. The number of halogens is 1. The van der Waals surface area contributed by atoms with Crippen LogP contribution in [0.4, 0.5) is 5.82 Å². The molecule has 20 heavy (non-hydrogen) atoms. The fraction of sp³-hybridized carbons (Fsp3) is 0.200. The van der Waals surface area contributed by atoms with E-state index in [1.807, 2.05) is 22.9 Å². The molecule has 3 aromatic rings. The first-order chi connectivity index (χ1) is 9.75. The Kier molecular flexibility index (Phi) is 2.57. The van der Waals surface area contributed by atoms with Crippen molar-refractivity contribution in [1.29, 1.82) is 0 Å². The summed E-state index contributed by atoms with van der Waals surface area (Å²) in [5.41, 5.74) is 8.08. The van der Waals surface area contributed by atoms with Crippen LogP contribution in [0.5, 0.6) is 0 Å². The highest BCUT2D eigenvalue weighted by Crippen LogP contribution is 2.43. The molecule has 0 amide bonds. The molecule has 0 spiro atoms. The molecular formula is C15H13BrN4. The second-order valence-electron chi connectivity index (χ2n) is 5.16. The van der Waals surface area contributed by atoms with Crippen LogP contribution in [0.25, 0.3) is 16.5 Å². The average Bonchev–Trinajstić information content (AvgIpc) is 3.23. The predicted molar refractivity (Wildman–Crippen MR) is 83.0 cm³/mol. The number of nitrogens with zero attached hydrogens (tertiary/aromatic N) is 3. The molecule has 0 atom stereocenters. The van der Waals surface area contributed by atoms with E-state index in [0.29, 0.717) is 11.7 Å². The molecule has 0 saturated heterocycles. The molecule has 5 heteroatoms. The van der Waals surface area contributed by atoms with Crippen LogP contribution in [0.1, 0.15) is 24.5 Å². The highest BCUT2D eigenvalue weighted by atomic mass is 79.9. The summed E-state index contributed by atoms with van der Waals surface area (Å²) in [6, 6.07) is 12.4. The summed E-state index contributed by atoms with van der Waals surface area (Å²) in [4.78, 5) is 0. The van der Waals surface area contributed by atoms with Crippen molar-refractivity contribution in [2.45, 2.75) is 18.8 Å². The topological polar surface area (TPSA) is 56.7 Å². The Bertz CT molecular complexity index is 805. The third-order valence-electron chi connectivity index (χ3n) is 3.77. The van der Waals surface area contributed by atoms with Gasteiger partial charge in [0, 0.05) is 15.8 Å². The normalized spacial score (nSPS) is 14.8. The summed E-state index contributed by atoms with van der Waals surface area (Å²) in [5.74, 6) is 1.06. The van der Waals surface area contributed by atoms with E-state index < -0.39 is 0 Å². The van der Waals surface area contributed by atoms with Crippen molar-refractivity contribution >= 4 is 32.5 Å². The fourth-order valence-corrected chi connectivity index (χ4v) is 3.13. The monoisotopic (exact) mass is 328 g/mol. The van der Waals surface area contributed by atoms with E-state index in [-0.39, 0.29) is 0 Å². The quantitative estimate of drug-likeness (QED) is 0.781. The van der Waals surface area contributed by atoms with E-state index in [9.17, 15) is 0 Å². The maximum atomic E-state index is 5.99. The van der Waals surface area contributed by atoms with Gasteiger partial charge < -0.3 is 5.73 Å². The molecule has 0 unspecified atom stereocenters. The summed E-state index contributed by atoms with van der Waals surface area (Å²) < 4.78 is 2.99. The number of nitrogens with two attached hydrogens (primary N) is 1. The van der Waals surface area contributed by atoms with Crippen LogP contribution in [0, 0.1) is 0 Å². The second kappa shape index (κ2) is 4.31. The molecule has 100 valence electrons. The number of benzene rings is 2. The first-order valence-corrected chi connectivity index (χ1v) is 7.43. The Morgan fingerprint density at radius 2 is 1.85 bits per heavy atom. The molecule has 2 aromatic carbocycles. The van der Waals surface area contributed by atoms with Crippen molar-refractivity contribution in [2.24, 2.45) is 0 Å². The van der Waals surface area contributed by atoms with Gasteiger partial charge in [-0.25, -0.2) is 4.68 Å². The Balaban J connectivity index is 2.02. The van der Waals surface area contributed by atoms with Crippen LogP contribution in [0.3, 0.4) is 0 Å². The Hall–Kier alpha value is -1.88. The predicted octanol–water partition coefficient (Wildman–Crippen LogP) is 3.64. The summed E-state index contributed by atoms with van der Waals surface area (Å²) in [6.07, 6.45) is 2.35. The smallest absolute Gasteiger partial charge is 0.169 e. The molecule has 1 saturated carbocycles. The van der Waals surface area contributed by atoms with Gasteiger partial charge in [-0.15, -0.1) is 5.10 Å². The number of nitrogen functional groups attached to an aromatic ring is 1. The van der Waals surface area contributed by atoms with E-state index >= 15 is 0 Å². The van der Waals surface area contributed by atoms with E-state index in [2.05, 4.69) is 44.4 Å². The van der Waals surface area contributed by atoms with Gasteiger partial charge in [0.2, 0.25) is 0 Å². The van der Waals surface area contributed by atoms with Gasteiger partial charge in [0.05, 0.1) is 11.4 Å². The molecule has 4 rings (SSSR count). The molecule has 1 fully saturated rings. The third kappa shape index (κ3) is 1.73. The number of rotatable bonds is 2. The van der Waals surface area contributed by atoms with Gasteiger partial charge in [-0.3, -0.25) is 0 Å². The van der Waals surface area contributed by atoms with E-state index in [1.54, 1.807) is 0 Å². The third-order valence-corrected chi connectivity index (χ3v) is 4.46. The van der Waals surface area contributed by atoms with Crippen LogP contribution in [-0.2, 0) is 0 Å². The van der Waals surface area contributed by atoms with Crippen molar-refractivity contribution in [1.82, 2.24) is 15.0 Å². The van der Waals surface area contributed by atoms with Crippen LogP contribution in [0.15, 0.2) is 40.9 Å². The minimum Gasteiger partial charge on any atom is -0.381 e. The molecule has 1 aliphatic carbocycles. The van der Waals surface area contributed by atoms with E-state index in [4.69, 9.17) is 5.73 Å². The first kappa shape index (κ1) is 11.9. The Labute approximate surface area is 124 Å². The van der Waals surface area contributed by atoms with Gasteiger partial charge in [0.25, 0.3) is 0 Å². The van der Waals surface area contributed by atoms with Crippen LogP contribution < -0.4 is 5.73 Å². The van der Waals surface area contributed by atoms with Crippen molar-refractivity contribution in [3.8, 4) is 5.69 Å². The van der Waals surface area contributed by atoms with Crippen LogP contribution in [0.2, 0.25) is 0 Å². The van der Waals surface area contributed by atoms with Gasteiger partial charge >= 0.3 is 0 Å². The van der Waals surface area contributed by atoms with Gasteiger partial charge in [-0.2, -0.15) is 0 Å². The number of aromatic nitrogens is 3.